The van der Waals surface area contributed by atoms with Gasteiger partial charge in [0.15, 0.2) is 6.79 Å². The number of hydrogen-bond donors (Lipinski definition) is 0. The molecular weight excluding hydrogens is 512 g/mol. The van der Waals surface area contributed by atoms with E-state index in [1.165, 1.54) is 0 Å². The molecule has 3 aromatic rings. The Morgan fingerprint density at radius 3 is 1.52 bits per heavy atom. The zero-order valence-corrected chi connectivity index (χ0v) is 23.9. The second-order valence-electron chi connectivity index (χ2n) is 10.8. The normalized spacial score (nSPS) is 16.8. The summed E-state index contributed by atoms with van der Waals surface area (Å²) in [6.45, 7) is 10.3. The molecule has 0 spiro atoms. The van der Waals surface area contributed by atoms with Crippen LogP contribution in [0.3, 0.4) is 0 Å². The van der Waals surface area contributed by atoms with Crippen LogP contribution in [0.5, 0.6) is 17.2 Å². The summed E-state index contributed by atoms with van der Waals surface area (Å²) in [6.07, 6.45) is 0. The van der Waals surface area contributed by atoms with Crippen molar-refractivity contribution in [1.29, 1.82) is 0 Å². The summed E-state index contributed by atoms with van der Waals surface area (Å²) in [5.41, 5.74) is 5.82. The third-order valence-corrected chi connectivity index (χ3v) is 6.73. The maximum absolute atomic E-state index is 6.16. The molecule has 8 heteroatoms. The van der Waals surface area contributed by atoms with Gasteiger partial charge in [-0.2, -0.15) is 0 Å². The lowest BCUT2D eigenvalue weighted by molar-refractivity contribution is -0.181. The molecule has 5 rings (SSSR count). The van der Waals surface area contributed by atoms with Crippen molar-refractivity contribution in [2.45, 2.75) is 78.9 Å². The molecule has 8 nitrogen and oxygen atoms in total. The Bertz CT molecular complexity index is 1220. The van der Waals surface area contributed by atoms with Gasteiger partial charge in [-0.15, -0.1) is 0 Å². The van der Waals surface area contributed by atoms with Gasteiger partial charge in [0.2, 0.25) is 11.6 Å². The summed E-state index contributed by atoms with van der Waals surface area (Å²) < 4.78 is 47.3. The van der Waals surface area contributed by atoms with Gasteiger partial charge in [0.05, 0.1) is 39.6 Å². The molecule has 3 aromatic carbocycles. The number of ether oxygens (including phenoxy) is 8. The summed E-state index contributed by atoms with van der Waals surface area (Å²) in [6, 6.07) is 18.0. The van der Waals surface area contributed by atoms with Crippen LogP contribution in [0.4, 0.5) is 0 Å². The first-order chi connectivity index (χ1) is 19.2. The van der Waals surface area contributed by atoms with Crippen LogP contribution in [0.25, 0.3) is 0 Å². The molecule has 0 aromatic heterocycles. The van der Waals surface area contributed by atoms with E-state index >= 15 is 0 Å². The minimum absolute atomic E-state index is 0.119. The number of rotatable bonds is 11. The molecule has 0 saturated carbocycles. The van der Waals surface area contributed by atoms with E-state index in [4.69, 9.17) is 37.9 Å². The van der Waals surface area contributed by atoms with Gasteiger partial charge in [0.25, 0.3) is 0 Å². The van der Waals surface area contributed by atoms with Gasteiger partial charge >= 0.3 is 0 Å². The van der Waals surface area contributed by atoms with Crippen LogP contribution in [0, 0.1) is 0 Å². The minimum Gasteiger partial charge on any atom is -0.467 e. The first-order valence-electron chi connectivity index (χ1n) is 13.5. The number of methoxy groups -OCH3 is 1. The third kappa shape index (κ3) is 6.77. The van der Waals surface area contributed by atoms with Crippen molar-refractivity contribution in [1.82, 2.24) is 0 Å². The van der Waals surface area contributed by atoms with E-state index in [2.05, 4.69) is 0 Å². The third-order valence-electron chi connectivity index (χ3n) is 6.73. The fourth-order valence-electron chi connectivity index (χ4n) is 4.76. The molecule has 0 atom stereocenters. The second kappa shape index (κ2) is 12.2. The average Bonchev–Trinajstić information content (AvgIpc) is 2.92. The van der Waals surface area contributed by atoms with E-state index in [1.807, 2.05) is 82.3 Å². The van der Waals surface area contributed by atoms with Crippen molar-refractivity contribution >= 4 is 0 Å². The number of fused-ring (bicyclic) bond motifs is 2. The van der Waals surface area contributed by atoms with Crippen LogP contribution in [0.15, 0.2) is 54.6 Å². The standard InChI is InChI=1S/C32H38O8/c1-31(2)37-19-26-13-7-11-24(29(26)39-31)17-34-15-22-9-6-10-23(28(22)36-21-33-5)16-35-18-25-12-8-14-27-20-38-32(3,4)40-30(25)27/h6-14H,15-21H2,1-5H3. The van der Waals surface area contributed by atoms with Crippen LogP contribution >= 0.6 is 0 Å². The fraction of sp³-hybridized carbons (Fsp3) is 0.438. The highest BCUT2D eigenvalue weighted by Crippen LogP contribution is 2.36. The van der Waals surface area contributed by atoms with Crippen molar-refractivity contribution in [2.75, 3.05) is 13.9 Å². The van der Waals surface area contributed by atoms with E-state index in [1.54, 1.807) is 7.11 Å². The molecule has 0 aliphatic carbocycles. The predicted octanol–water partition coefficient (Wildman–Crippen LogP) is 6.39. The van der Waals surface area contributed by atoms with Crippen molar-refractivity contribution in [3.8, 4) is 17.2 Å². The van der Waals surface area contributed by atoms with Crippen LogP contribution in [0.2, 0.25) is 0 Å². The molecule has 0 fully saturated rings. The van der Waals surface area contributed by atoms with Crippen LogP contribution < -0.4 is 14.2 Å². The first kappa shape index (κ1) is 28.4. The Morgan fingerprint density at radius 1 is 0.625 bits per heavy atom. The average molecular weight is 551 g/mol. The molecule has 0 unspecified atom stereocenters. The van der Waals surface area contributed by atoms with Crippen LogP contribution in [-0.2, 0) is 63.3 Å². The van der Waals surface area contributed by atoms with Crippen molar-refractivity contribution < 1.29 is 37.9 Å². The van der Waals surface area contributed by atoms with Crippen LogP contribution in [0.1, 0.15) is 61.1 Å². The number of benzene rings is 3. The highest BCUT2D eigenvalue weighted by Gasteiger charge is 2.30. The quantitative estimate of drug-likeness (QED) is 0.254. The summed E-state index contributed by atoms with van der Waals surface area (Å²) in [5.74, 6) is 1.02. The first-order valence-corrected chi connectivity index (χ1v) is 13.5. The highest BCUT2D eigenvalue weighted by molar-refractivity contribution is 5.44. The van der Waals surface area contributed by atoms with Gasteiger partial charge in [0, 0.05) is 68.2 Å². The highest BCUT2D eigenvalue weighted by atomic mass is 16.7. The van der Waals surface area contributed by atoms with E-state index in [9.17, 15) is 0 Å². The summed E-state index contributed by atoms with van der Waals surface area (Å²) in [5, 5.41) is 0. The lowest BCUT2D eigenvalue weighted by Crippen LogP contribution is -2.35. The molecule has 40 heavy (non-hydrogen) atoms. The Kier molecular flexibility index (Phi) is 8.63. The van der Waals surface area contributed by atoms with E-state index in [0.29, 0.717) is 45.4 Å². The molecule has 0 amide bonds. The lowest BCUT2D eigenvalue weighted by Gasteiger charge is -2.33. The molecule has 2 heterocycles. The molecule has 0 saturated heterocycles. The fourth-order valence-corrected chi connectivity index (χ4v) is 4.76. The SMILES string of the molecule is COCOc1c(COCc2cccc3c2OC(C)(C)OC3)cccc1COCc1cccc2c1OC(C)(C)OC2. The minimum atomic E-state index is -0.673. The Morgan fingerprint density at radius 2 is 1.05 bits per heavy atom. The smallest absolute Gasteiger partial charge is 0.205 e. The van der Waals surface area contributed by atoms with Gasteiger partial charge < -0.3 is 37.9 Å². The second-order valence-corrected chi connectivity index (χ2v) is 10.8. The molecule has 2 aliphatic rings. The summed E-state index contributed by atoms with van der Waals surface area (Å²) in [7, 11) is 1.60. The maximum Gasteiger partial charge on any atom is 0.205 e. The number of hydrogen-bond acceptors (Lipinski definition) is 8. The lowest BCUT2D eigenvalue weighted by atomic mass is 10.1. The molecular formula is C32H38O8. The largest absolute Gasteiger partial charge is 0.467 e. The Balaban J connectivity index is 1.25. The summed E-state index contributed by atoms with van der Waals surface area (Å²) >= 11 is 0. The van der Waals surface area contributed by atoms with E-state index < -0.39 is 11.6 Å². The molecule has 0 bridgehead atoms. The monoisotopic (exact) mass is 550 g/mol. The Labute approximate surface area is 236 Å². The summed E-state index contributed by atoms with van der Waals surface area (Å²) in [4.78, 5) is 0. The van der Waals surface area contributed by atoms with Gasteiger partial charge in [-0.05, 0) is 0 Å². The molecule has 0 radical (unpaired) electrons. The van der Waals surface area contributed by atoms with Gasteiger partial charge in [0.1, 0.15) is 17.2 Å². The zero-order chi connectivity index (χ0) is 28.2. The van der Waals surface area contributed by atoms with Crippen molar-refractivity contribution in [2.24, 2.45) is 0 Å². The van der Waals surface area contributed by atoms with Gasteiger partial charge in [-0.3, -0.25) is 0 Å². The van der Waals surface area contributed by atoms with Crippen molar-refractivity contribution in [3.63, 3.8) is 0 Å². The molecule has 214 valence electrons. The van der Waals surface area contributed by atoms with E-state index in [0.717, 1.165) is 44.9 Å². The maximum atomic E-state index is 6.16. The zero-order valence-electron chi connectivity index (χ0n) is 23.9. The molecule has 2 aliphatic heterocycles. The molecule has 0 N–H and O–H groups in total. The van der Waals surface area contributed by atoms with Crippen molar-refractivity contribution in [3.05, 3.63) is 88.0 Å². The topological polar surface area (TPSA) is 73.8 Å². The predicted molar refractivity (Wildman–Crippen MR) is 148 cm³/mol. The van der Waals surface area contributed by atoms with Gasteiger partial charge in [-0.25, -0.2) is 0 Å². The number of para-hydroxylation sites is 3. The van der Waals surface area contributed by atoms with Gasteiger partial charge in [-0.1, -0.05) is 54.6 Å². The van der Waals surface area contributed by atoms with E-state index in [-0.39, 0.29) is 6.79 Å². The Hall–Kier alpha value is -3.14. The van der Waals surface area contributed by atoms with Crippen LogP contribution in [-0.4, -0.2) is 25.5 Å².